The van der Waals surface area contributed by atoms with Crippen molar-refractivity contribution in [3.63, 3.8) is 0 Å². The Bertz CT molecular complexity index is 1020. The maximum Gasteiger partial charge on any atom is 0.315 e. The van der Waals surface area contributed by atoms with Crippen LogP contribution < -0.4 is 4.74 Å². The molecule has 0 bridgehead atoms. The summed E-state index contributed by atoms with van der Waals surface area (Å²) in [5.41, 5.74) is 4.15. The molecular formula is C25H25NO4. The SMILES string of the molecule is COC(=O)C1C(C)=NC2=C(C(=O)CC(c3ccccc3)C2)C1c1ccc(OC)cc1. The van der Waals surface area contributed by atoms with E-state index in [1.807, 2.05) is 49.4 Å². The number of ether oxygens (including phenoxy) is 2. The van der Waals surface area contributed by atoms with E-state index in [-0.39, 0.29) is 17.7 Å². The lowest BCUT2D eigenvalue weighted by Crippen LogP contribution is -2.37. The largest absolute Gasteiger partial charge is 0.497 e. The Morgan fingerprint density at radius 2 is 1.67 bits per heavy atom. The molecule has 0 amide bonds. The molecule has 3 unspecified atom stereocenters. The summed E-state index contributed by atoms with van der Waals surface area (Å²) in [5.74, 6) is -0.514. The highest BCUT2D eigenvalue weighted by Gasteiger charge is 2.44. The van der Waals surface area contributed by atoms with Crippen molar-refractivity contribution in [2.24, 2.45) is 10.9 Å². The zero-order chi connectivity index (χ0) is 21.3. The van der Waals surface area contributed by atoms with Gasteiger partial charge in [0.2, 0.25) is 0 Å². The van der Waals surface area contributed by atoms with Gasteiger partial charge in [-0.3, -0.25) is 14.6 Å². The third kappa shape index (κ3) is 3.56. The van der Waals surface area contributed by atoms with Gasteiger partial charge in [-0.05, 0) is 42.5 Å². The fraction of sp³-hybridized carbons (Fsp3) is 0.320. The molecule has 0 N–H and O–H groups in total. The van der Waals surface area contributed by atoms with Crippen LogP contribution in [-0.2, 0) is 14.3 Å². The average Bonchev–Trinajstić information content (AvgIpc) is 2.78. The molecule has 0 spiro atoms. The third-order valence-corrected chi connectivity index (χ3v) is 6.09. The number of nitrogens with zero attached hydrogens (tertiary/aromatic N) is 1. The van der Waals surface area contributed by atoms with E-state index in [1.165, 1.54) is 7.11 Å². The van der Waals surface area contributed by atoms with Gasteiger partial charge in [0.25, 0.3) is 0 Å². The summed E-state index contributed by atoms with van der Waals surface area (Å²) in [6, 6.07) is 17.6. The second kappa shape index (κ2) is 8.27. The summed E-state index contributed by atoms with van der Waals surface area (Å²) in [7, 11) is 2.98. The predicted molar refractivity (Wildman–Crippen MR) is 115 cm³/mol. The molecule has 0 aromatic heterocycles. The molecule has 1 heterocycles. The molecular weight excluding hydrogens is 378 g/mol. The van der Waals surface area contributed by atoms with Crippen LogP contribution in [0.4, 0.5) is 0 Å². The Kier molecular flexibility index (Phi) is 5.53. The molecule has 0 saturated carbocycles. The minimum Gasteiger partial charge on any atom is -0.497 e. The van der Waals surface area contributed by atoms with E-state index in [9.17, 15) is 9.59 Å². The van der Waals surface area contributed by atoms with E-state index in [2.05, 4.69) is 12.1 Å². The molecule has 0 radical (unpaired) electrons. The van der Waals surface area contributed by atoms with E-state index in [1.54, 1.807) is 7.11 Å². The zero-order valence-electron chi connectivity index (χ0n) is 17.4. The molecule has 5 nitrogen and oxygen atoms in total. The number of hydrogen-bond donors (Lipinski definition) is 0. The Morgan fingerprint density at radius 1 is 0.967 bits per heavy atom. The number of aliphatic imine (C=N–C) groups is 1. The monoisotopic (exact) mass is 403 g/mol. The minimum atomic E-state index is -0.612. The molecule has 4 rings (SSSR count). The first kappa shape index (κ1) is 20.1. The second-order valence-corrected chi connectivity index (χ2v) is 7.80. The summed E-state index contributed by atoms with van der Waals surface area (Å²) < 4.78 is 10.4. The molecule has 5 heteroatoms. The normalized spacial score (nSPS) is 23.5. The van der Waals surface area contributed by atoms with Gasteiger partial charge in [-0.15, -0.1) is 0 Å². The summed E-state index contributed by atoms with van der Waals surface area (Å²) in [6.45, 7) is 1.85. The fourth-order valence-electron chi connectivity index (χ4n) is 4.62. The number of benzene rings is 2. The van der Waals surface area contributed by atoms with E-state index in [0.717, 1.165) is 22.6 Å². The lowest BCUT2D eigenvalue weighted by Gasteiger charge is -2.36. The average molecular weight is 403 g/mol. The molecule has 30 heavy (non-hydrogen) atoms. The van der Waals surface area contributed by atoms with Crippen molar-refractivity contribution in [1.29, 1.82) is 0 Å². The standard InChI is InChI=1S/C25H25NO4/c1-15-22(25(28)30-3)23(17-9-11-19(29-2)12-10-17)24-20(26-15)13-18(14-21(24)27)16-7-5-4-6-8-16/h4-12,18,22-23H,13-14H2,1-3H3. The van der Waals surface area contributed by atoms with Gasteiger partial charge in [-0.2, -0.15) is 0 Å². The van der Waals surface area contributed by atoms with Crippen LogP contribution in [0, 0.1) is 5.92 Å². The maximum atomic E-state index is 13.4. The lowest BCUT2D eigenvalue weighted by molar-refractivity contribution is -0.143. The van der Waals surface area contributed by atoms with Gasteiger partial charge in [0, 0.05) is 29.3 Å². The van der Waals surface area contributed by atoms with Crippen molar-refractivity contribution >= 4 is 17.5 Å². The lowest BCUT2D eigenvalue weighted by atomic mass is 9.69. The number of esters is 1. The van der Waals surface area contributed by atoms with Crippen LogP contribution in [0.5, 0.6) is 5.75 Å². The highest BCUT2D eigenvalue weighted by atomic mass is 16.5. The fourth-order valence-corrected chi connectivity index (χ4v) is 4.62. The van der Waals surface area contributed by atoms with E-state index < -0.39 is 11.8 Å². The summed E-state index contributed by atoms with van der Waals surface area (Å²) in [6.07, 6.45) is 1.10. The number of Topliss-reactive ketones (excluding diaryl/α,β-unsaturated/α-hetero) is 1. The van der Waals surface area contributed by atoms with E-state index in [0.29, 0.717) is 24.1 Å². The van der Waals surface area contributed by atoms with Gasteiger partial charge in [-0.1, -0.05) is 42.5 Å². The molecule has 0 saturated heterocycles. The first-order chi connectivity index (χ1) is 14.5. The minimum absolute atomic E-state index is 0.0519. The Balaban J connectivity index is 1.80. The molecule has 0 fully saturated rings. The van der Waals surface area contributed by atoms with Gasteiger partial charge >= 0.3 is 5.97 Å². The van der Waals surface area contributed by atoms with Crippen molar-refractivity contribution in [2.75, 3.05) is 14.2 Å². The highest BCUT2D eigenvalue weighted by molar-refractivity contribution is 6.09. The van der Waals surface area contributed by atoms with Gasteiger partial charge < -0.3 is 9.47 Å². The van der Waals surface area contributed by atoms with Crippen LogP contribution in [0.25, 0.3) is 0 Å². The number of carbonyl (C=O) groups excluding carboxylic acids is 2. The number of allylic oxidation sites excluding steroid dienone is 2. The molecule has 2 aromatic rings. The van der Waals surface area contributed by atoms with Gasteiger partial charge in [0.1, 0.15) is 11.7 Å². The molecule has 154 valence electrons. The van der Waals surface area contributed by atoms with Crippen molar-refractivity contribution in [1.82, 2.24) is 0 Å². The van der Waals surface area contributed by atoms with Crippen LogP contribution in [-0.4, -0.2) is 31.7 Å². The highest BCUT2D eigenvalue weighted by Crippen LogP contribution is 2.46. The Hall–Kier alpha value is -3.21. The smallest absolute Gasteiger partial charge is 0.315 e. The quantitative estimate of drug-likeness (QED) is 0.708. The number of carbonyl (C=O) groups is 2. The first-order valence-corrected chi connectivity index (χ1v) is 10.1. The van der Waals surface area contributed by atoms with Crippen LogP contribution in [0.15, 0.2) is 70.9 Å². The molecule has 2 aliphatic rings. The van der Waals surface area contributed by atoms with Crippen LogP contribution in [0.2, 0.25) is 0 Å². The maximum absolute atomic E-state index is 13.4. The summed E-state index contributed by atoms with van der Waals surface area (Å²) in [5, 5.41) is 0. The number of rotatable bonds is 4. The second-order valence-electron chi connectivity index (χ2n) is 7.80. The molecule has 1 aliphatic carbocycles. The van der Waals surface area contributed by atoms with Crippen LogP contribution in [0.1, 0.15) is 42.7 Å². The molecule has 2 aromatic carbocycles. The molecule has 1 aliphatic heterocycles. The van der Waals surface area contributed by atoms with E-state index in [4.69, 9.17) is 14.5 Å². The Labute approximate surface area is 176 Å². The van der Waals surface area contributed by atoms with Crippen molar-refractivity contribution in [2.45, 2.75) is 31.6 Å². The number of ketones is 1. The van der Waals surface area contributed by atoms with Gasteiger partial charge in [0.15, 0.2) is 5.78 Å². The van der Waals surface area contributed by atoms with Crippen LogP contribution in [0.3, 0.4) is 0 Å². The van der Waals surface area contributed by atoms with Crippen molar-refractivity contribution in [3.8, 4) is 5.75 Å². The van der Waals surface area contributed by atoms with Gasteiger partial charge in [0.05, 0.1) is 14.2 Å². The van der Waals surface area contributed by atoms with Gasteiger partial charge in [-0.25, -0.2) is 0 Å². The van der Waals surface area contributed by atoms with Crippen molar-refractivity contribution in [3.05, 3.63) is 77.0 Å². The van der Waals surface area contributed by atoms with Crippen molar-refractivity contribution < 1.29 is 19.1 Å². The summed E-state index contributed by atoms with van der Waals surface area (Å²) >= 11 is 0. The summed E-state index contributed by atoms with van der Waals surface area (Å²) in [4.78, 5) is 30.8. The Morgan fingerprint density at radius 3 is 2.30 bits per heavy atom. The topological polar surface area (TPSA) is 65.0 Å². The van der Waals surface area contributed by atoms with Crippen LogP contribution >= 0.6 is 0 Å². The zero-order valence-corrected chi connectivity index (χ0v) is 17.4. The first-order valence-electron chi connectivity index (χ1n) is 10.1. The molecule has 3 atom stereocenters. The number of methoxy groups -OCH3 is 2. The third-order valence-electron chi connectivity index (χ3n) is 6.09. The number of hydrogen-bond acceptors (Lipinski definition) is 5. The predicted octanol–water partition coefficient (Wildman–Crippen LogP) is 4.44. The van der Waals surface area contributed by atoms with E-state index >= 15 is 0 Å².